The first-order valence-corrected chi connectivity index (χ1v) is 9.24. The van der Waals surface area contributed by atoms with Crippen molar-refractivity contribution in [3.05, 3.63) is 54.6 Å². The van der Waals surface area contributed by atoms with Crippen LogP contribution in [0.15, 0.2) is 48.8 Å². The van der Waals surface area contributed by atoms with Crippen molar-refractivity contribution in [2.75, 3.05) is 37.6 Å². The summed E-state index contributed by atoms with van der Waals surface area (Å²) >= 11 is 0. The predicted molar refractivity (Wildman–Crippen MR) is 105 cm³/mol. The lowest BCUT2D eigenvalue weighted by molar-refractivity contribution is 0.181. The zero-order chi connectivity index (χ0) is 18.6. The van der Waals surface area contributed by atoms with Crippen molar-refractivity contribution in [1.29, 1.82) is 0 Å². The van der Waals surface area contributed by atoms with Crippen LogP contribution in [0.2, 0.25) is 0 Å². The molecule has 2 aromatic heterocycles. The van der Waals surface area contributed by atoms with Gasteiger partial charge in [0.2, 0.25) is 0 Å². The highest BCUT2D eigenvalue weighted by Crippen LogP contribution is 2.37. The van der Waals surface area contributed by atoms with Crippen LogP contribution in [0.1, 0.15) is 6.92 Å². The molecule has 0 atom stereocenters. The summed E-state index contributed by atoms with van der Waals surface area (Å²) in [6.07, 6.45) is 3.56. The van der Waals surface area contributed by atoms with E-state index in [1.54, 1.807) is 24.5 Å². The van der Waals surface area contributed by atoms with E-state index in [0.29, 0.717) is 0 Å². The summed E-state index contributed by atoms with van der Waals surface area (Å²) in [5.41, 5.74) is 7.25. The van der Waals surface area contributed by atoms with Crippen molar-refractivity contribution in [2.24, 2.45) is 0 Å². The average molecular weight is 366 g/mol. The number of anilines is 1. The first-order chi connectivity index (χ1) is 13.3. The number of halogens is 1. The van der Waals surface area contributed by atoms with Gasteiger partial charge in [0.15, 0.2) is 5.82 Å². The maximum Gasteiger partial charge on any atom is 0.159 e. The molecule has 0 unspecified atom stereocenters. The van der Waals surface area contributed by atoms with Gasteiger partial charge in [0.25, 0.3) is 0 Å². The standard InChI is InChI=1S/C20H23FN6/c1-2-23-27-13-11-26(12-14-27)20-18(15-7-9-22-10-8-15)19(24-25-20)16-3-5-17(21)6-4-16/h3-10,23H,2,11-14H2,1H3,(H,24,25). The third kappa shape index (κ3) is 3.70. The van der Waals surface area contributed by atoms with Crippen molar-refractivity contribution < 1.29 is 4.39 Å². The molecule has 1 aromatic carbocycles. The molecule has 27 heavy (non-hydrogen) atoms. The maximum absolute atomic E-state index is 13.4. The normalized spacial score (nSPS) is 15.3. The zero-order valence-electron chi connectivity index (χ0n) is 15.3. The molecule has 2 N–H and O–H groups in total. The molecule has 0 amide bonds. The van der Waals surface area contributed by atoms with E-state index in [0.717, 1.165) is 60.9 Å². The lowest BCUT2D eigenvalue weighted by Gasteiger charge is -2.35. The SMILES string of the molecule is CCNN1CCN(c2n[nH]c(-c3ccc(F)cc3)c2-c2ccncc2)CC1. The molecule has 0 saturated carbocycles. The average Bonchev–Trinajstić information content (AvgIpc) is 3.15. The summed E-state index contributed by atoms with van der Waals surface area (Å²) in [7, 11) is 0. The quantitative estimate of drug-likeness (QED) is 0.727. The third-order valence-electron chi connectivity index (χ3n) is 4.81. The van der Waals surface area contributed by atoms with Crippen molar-refractivity contribution >= 4 is 5.82 Å². The van der Waals surface area contributed by atoms with Crippen LogP contribution in [0.3, 0.4) is 0 Å². The fraction of sp³-hybridized carbons (Fsp3) is 0.300. The van der Waals surface area contributed by atoms with E-state index in [9.17, 15) is 4.39 Å². The lowest BCUT2D eigenvalue weighted by atomic mass is 10.0. The molecule has 0 spiro atoms. The van der Waals surface area contributed by atoms with E-state index in [4.69, 9.17) is 0 Å². The molecule has 1 fully saturated rings. The molecule has 0 bridgehead atoms. The highest BCUT2D eigenvalue weighted by atomic mass is 19.1. The second-order valence-electron chi connectivity index (χ2n) is 6.53. The number of hydrogen-bond acceptors (Lipinski definition) is 5. The van der Waals surface area contributed by atoms with Gasteiger partial charge in [-0.2, -0.15) is 5.10 Å². The van der Waals surface area contributed by atoms with Crippen LogP contribution >= 0.6 is 0 Å². The summed E-state index contributed by atoms with van der Waals surface area (Å²) in [6.45, 7) is 6.68. The summed E-state index contributed by atoms with van der Waals surface area (Å²) in [6, 6.07) is 10.5. The second kappa shape index (κ2) is 7.85. The number of benzene rings is 1. The molecule has 140 valence electrons. The van der Waals surface area contributed by atoms with Gasteiger partial charge < -0.3 is 4.90 Å². The van der Waals surface area contributed by atoms with Gasteiger partial charge in [0.05, 0.1) is 11.3 Å². The van der Waals surface area contributed by atoms with Gasteiger partial charge in [-0.05, 0) is 42.0 Å². The summed E-state index contributed by atoms with van der Waals surface area (Å²) < 4.78 is 13.4. The maximum atomic E-state index is 13.4. The van der Waals surface area contributed by atoms with Gasteiger partial charge in [-0.3, -0.25) is 15.5 Å². The van der Waals surface area contributed by atoms with Crippen molar-refractivity contribution in [3.8, 4) is 22.4 Å². The molecule has 3 aromatic rings. The van der Waals surface area contributed by atoms with Crippen LogP contribution in [0.25, 0.3) is 22.4 Å². The molecule has 0 aliphatic carbocycles. The number of H-pyrrole nitrogens is 1. The van der Waals surface area contributed by atoms with Gasteiger partial charge >= 0.3 is 0 Å². The van der Waals surface area contributed by atoms with E-state index in [-0.39, 0.29) is 5.82 Å². The summed E-state index contributed by atoms with van der Waals surface area (Å²) in [4.78, 5) is 6.43. The number of rotatable bonds is 5. The fourth-order valence-corrected chi connectivity index (χ4v) is 3.48. The molecule has 1 aliphatic heterocycles. The van der Waals surface area contributed by atoms with Crippen LogP contribution in [0.5, 0.6) is 0 Å². The van der Waals surface area contributed by atoms with Crippen LogP contribution in [-0.2, 0) is 0 Å². The van der Waals surface area contributed by atoms with Crippen LogP contribution < -0.4 is 10.3 Å². The molecule has 0 radical (unpaired) electrons. The Kier molecular flexibility index (Phi) is 5.13. The predicted octanol–water partition coefficient (Wildman–Crippen LogP) is 2.92. The Morgan fingerprint density at radius 3 is 2.37 bits per heavy atom. The van der Waals surface area contributed by atoms with Crippen molar-refractivity contribution in [2.45, 2.75) is 6.92 Å². The first-order valence-electron chi connectivity index (χ1n) is 9.24. The monoisotopic (exact) mass is 366 g/mol. The van der Waals surface area contributed by atoms with Gasteiger partial charge in [-0.25, -0.2) is 9.40 Å². The Morgan fingerprint density at radius 2 is 1.70 bits per heavy atom. The topological polar surface area (TPSA) is 60.1 Å². The van der Waals surface area contributed by atoms with Gasteiger partial charge in [-0.15, -0.1) is 0 Å². The Morgan fingerprint density at radius 1 is 1.00 bits per heavy atom. The second-order valence-corrected chi connectivity index (χ2v) is 6.53. The van der Waals surface area contributed by atoms with Gasteiger partial charge in [-0.1, -0.05) is 6.92 Å². The molecule has 1 saturated heterocycles. The Hall–Kier alpha value is -2.77. The summed E-state index contributed by atoms with van der Waals surface area (Å²) in [5.74, 6) is 0.681. The van der Waals surface area contributed by atoms with E-state index in [1.165, 1.54) is 12.1 Å². The van der Waals surface area contributed by atoms with Crippen LogP contribution in [0.4, 0.5) is 10.2 Å². The number of piperazine rings is 1. The first kappa shape index (κ1) is 17.6. The number of pyridine rings is 1. The molecular weight excluding hydrogens is 343 g/mol. The molecule has 3 heterocycles. The number of aromatic nitrogens is 3. The molecular formula is C20H23FN6. The molecule has 1 aliphatic rings. The Labute approximate surface area is 158 Å². The molecule has 6 nitrogen and oxygen atoms in total. The number of hydrazine groups is 1. The number of nitrogens with one attached hydrogen (secondary N) is 2. The highest BCUT2D eigenvalue weighted by molar-refractivity contribution is 5.89. The molecule has 4 rings (SSSR count). The minimum Gasteiger partial charge on any atom is -0.352 e. The van der Waals surface area contributed by atoms with Gasteiger partial charge in [0.1, 0.15) is 5.82 Å². The lowest BCUT2D eigenvalue weighted by Crippen LogP contribution is -2.52. The van der Waals surface area contributed by atoms with E-state index in [2.05, 4.69) is 37.4 Å². The van der Waals surface area contributed by atoms with Crippen molar-refractivity contribution in [3.63, 3.8) is 0 Å². The Balaban J connectivity index is 1.71. The van der Waals surface area contributed by atoms with Crippen LogP contribution in [0, 0.1) is 5.82 Å². The zero-order valence-corrected chi connectivity index (χ0v) is 15.3. The van der Waals surface area contributed by atoms with Crippen LogP contribution in [-0.4, -0.2) is 52.9 Å². The fourth-order valence-electron chi connectivity index (χ4n) is 3.48. The van der Waals surface area contributed by atoms with E-state index in [1.807, 2.05) is 12.1 Å². The minimum atomic E-state index is -0.247. The Bertz CT molecular complexity index is 869. The van der Waals surface area contributed by atoms with E-state index >= 15 is 0 Å². The minimum absolute atomic E-state index is 0.247. The third-order valence-corrected chi connectivity index (χ3v) is 4.81. The number of hydrogen-bond donors (Lipinski definition) is 2. The van der Waals surface area contributed by atoms with Crippen molar-refractivity contribution in [1.82, 2.24) is 25.6 Å². The number of aromatic amines is 1. The highest BCUT2D eigenvalue weighted by Gasteiger charge is 2.24. The van der Waals surface area contributed by atoms with Gasteiger partial charge in [0, 0.05) is 50.7 Å². The summed E-state index contributed by atoms with van der Waals surface area (Å²) in [5, 5.41) is 10.1. The smallest absolute Gasteiger partial charge is 0.159 e. The largest absolute Gasteiger partial charge is 0.352 e. The van der Waals surface area contributed by atoms with E-state index < -0.39 is 0 Å². The molecule has 7 heteroatoms. The number of nitrogens with zero attached hydrogens (tertiary/aromatic N) is 4.